The average Bonchev–Trinajstić information content (AvgIpc) is 2.39. The second kappa shape index (κ2) is 6.07. The van der Waals surface area contributed by atoms with E-state index in [-0.39, 0.29) is 4.90 Å². The smallest absolute Gasteiger partial charge is 0.261 e. The van der Waals surface area contributed by atoms with Gasteiger partial charge in [0, 0.05) is 10.2 Å². The molecule has 0 saturated carbocycles. The predicted molar refractivity (Wildman–Crippen MR) is 89.9 cm³/mol. The van der Waals surface area contributed by atoms with Gasteiger partial charge < -0.3 is 5.73 Å². The fraction of sp³-hybridized carbons (Fsp3) is 0.200. The van der Waals surface area contributed by atoms with Crippen molar-refractivity contribution in [3.63, 3.8) is 0 Å². The highest BCUT2D eigenvalue weighted by atomic mass is 79.9. The molecular formula is C15H17BrN2O2S. The molecule has 2 aromatic rings. The molecule has 4 nitrogen and oxygen atoms in total. The van der Waals surface area contributed by atoms with Gasteiger partial charge in [-0.3, -0.25) is 4.72 Å². The van der Waals surface area contributed by atoms with Gasteiger partial charge in [-0.1, -0.05) is 22.9 Å². The molecule has 0 atom stereocenters. The Bertz CT molecular complexity index is 753. The number of anilines is 2. The molecule has 112 valence electrons. The van der Waals surface area contributed by atoms with Crippen molar-refractivity contribution in [3.05, 3.63) is 52.0 Å². The molecule has 0 fully saturated rings. The van der Waals surface area contributed by atoms with Crippen molar-refractivity contribution in [3.8, 4) is 0 Å². The second-order valence-electron chi connectivity index (χ2n) is 4.84. The van der Waals surface area contributed by atoms with Crippen molar-refractivity contribution in [1.29, 1.82) is 0 Å². The zero-order valence-corrected chi connectivity index (χ0v) is 14.3. The summed E-state index contributed by atoms with van der Waals surface area (Å²) in [5.74, 6) is 0. The van der Waals surface area contributed by atoms with Crippen LogP contribution in [-0.2, 0) is 16.4 Å². The first-order chi connectivity index (χ1) is 9.81. The number of nitrogens with two attached hydrogens (primary N) is 1. The number of hydrogen-bond donors (Lipinski definition) is 2. The number of benzene rings is 2. The van der Waals surface area contributed by atoms with Crippen molar-refractivity contribution < 1.29 is 8.42 Å². The number of halogens is 1. The van der Waals surface area contributed by atoms with E-state index in [4.69, 9.17) is 5.73 Å². The molecule has 0 aromatic heterocycles. The number of aryl methyl sites for hydroxylation is 2. The lowest BCUT2D eigenvalue weighted by Crippen LogP contribution is -2.14. The SMILES string of the molecule is CCc1cc(Br)ccc1NS(=O)(=O)c1cc(C)cc(N)c1. The maximum Gasteiger partial charge on any atom is 0.261 e. The van der Waals surface area contributed by atoms with Crippen LogP contribution >= 0.6 is 15.9 Å². The highest BCUT2D eigenvalue weighted by Gasteiger charge is 2.16. The molecular weight excluding hydrogens is 352 g/mol. The summed E-state index contributed by atoms with van der Waals surface area (Å²) in [6.45, 7) is 3.79. The first kappa shape index (κ1) is 15.9. The van der Waals surface area contributed by atoms with Gasteiger partial charge in [0.2, 0.25) is 0 Å². The van der Waals surface area contributed by atoms with E-state index in [2.05, 4.69) is 20.7 Å². The van der Waals surface area contributed by atoms with Crippen LogP contribution in [0.2, 0.25) is 0 Å². The largest absolute Gasteiger partial charge is 0.399 e. The summed E-state index contributed by atoms with van der Waals surface area (Å²) in [7, 11) is -3.65. The Labute approximate surface area is 133 Å². The topological polar surface area (TPSA) is 72.2 Å². The van der Waals surface area contributed by atoms with Gasteiger partial charge in [0.1, 0.15) is 0 Å². The summed E-state index contributed by atoms with van der Waals surface area (Å²) in [5.41, 5.74) is 8.48. The van der Waals surface area contributed by atoms with Crippen LogP contribution in [0.1, 0.15) is 18.1 Å². The van der Waals surface area contributed by atoms with E-state index in [0.717, 1.165) is 22.0 Å². The molecule has 0 saturated heterocycles. The second-order valence-corrected chi connectivity index (χ2v) is 7.44. The van der Waals surface area contributed by atoms with Crippen LogP contribution in [0.4, 0.5) is 11.4 Å². The molecule has 0 radical (unpaired) electrons. The highest BCUT2D eigenvalue weighted by molar-refractivity contribution is 9.10. The average molecular weight is 369 g/mol. The minimum atomic E-state index is -3.65. The Kier molecular flexibility index (Phi) is 4.58. The lowest BCUT2D eigenvalue weighted by Gasteiger charge is -2.13. The van der Waals surface area contributed by atoms with Gasteiger partial charge in [-0.2, -0.15) is 0 Å². The normalized spacial score (nSPS) is 11.4. The number of rotatable bonds is 4. The summed E-state index contributed by atoms with van der Waals surface area (Å²) >= 11 is 3.39. The fourth-order valence-corrected chi connectivity index (χ4v) is 3.74. The van der Waals surface area contributed by atoms with Crippen LogP contribution in [0.5, 0.6) is 0 Å². The van der Waals surface area contributed by atoms with Crippen molar-refractivity contribution in [1.82, 2.24) is 0 Å². The fourth-order valence-electron chi connectivity index (χ4n) is 2.09. The molecule has 21 heavy (non-hydrogen) atoms. The minimum Gasteiger partial charge on any atom is -0.399 e. The lowest BCUT2D eigenvalue weighted by atomic mass is 10.1. The molecule has 0 unspecified atom stereocenters. The number of nitrogen functional groups attached to an aromatic ring is 1. The van der Waals surface area contributed by atoms with E-state index >= 15 is 0 Å². The molecule has 0 amide bonds. The van der Waals surface area contributed by atoms with Gasteiger partial charge in [-0.15, -0.1) is 0 Å². The lowest BCUT2D eigenvalue weighted by molar-refractivity contribution is 0.601. The maximum atomic E-state index is 12.5. The summed E-state index contributed by atoms with van der Waals surface area (Å²) in [5, 5.41) is 0. The van der Waals surface area contributed by atoms with E-state index in [1.54, 1.807) is 18.2 Å². The molecule has 0 bridgehead atoms. The van der Waals surface area contributed by atoms with E-state index in [9.17, 15) is 8.42 Å². The van der Waals surface area contributed by atoms with Crippen molar-refractivity contribution in [2.24, 2.45) is 0 Å². The monoisotopic (exact) mass is 368 g/mol. The van der Waals surface area contributed by atoms with Crippen LogP contribution in [0.3, 0.4) is 0 Å². The van der Waals surface area contributed by atoms with Gasteiger partial charge in [0.25, 0.3) is 10.0 Å². The van der Waals surface area contributed by atoms with Crippen LogP contribution < -0.4 is 10.5 Å². The Morgan fingerprint density at radius 1 is 1.19 bits per heavy atom. The minimum absolute atomic E-state index is 0.171. The predicted octanol–water partition coefficient (Wildman–Crippen LogP) is 3.70. The molecule has 0 aliphatic heterocycles. The van der Waals surface area contributed by atoms with Gasteiger partial charge in [0.15, 0.2) is 0 Å². The van der Waals surface area contributed by atoms with Gasteiger partial charge >= 0.3 is 0 Å². The third-order valence-corrected chi connectivity index (χ3v) is 4.91. The van der Waals surface area contributed by atoms with Gasteiger partial charge in [0.05, 0.1) is 10.6 Å². The van der Waals surface area contributed by atoms with Crippen LogP contribution in [0.15, 0.2) is 45.8 Å². The molecule has 3 N–H and O–H groups in total. The van der Waals surface area contributed by atoms with Crippen LogP contribution in [-0.4, -0.2) is 8.42 Å². The Morgan fingerprint density at radius 3 is 2.52 bits per heavy atom. The number of hydrogen-bond acceptors (Lipinski definition) is 3. The molecule has 2 aromatic carbocycles. The highest BCUT2D eigenvalue weighted by Crippen LogP contribution is 2.25. The quantitative estimate of drug-likeness (QED) is 0.808. The third kappa shape index (κ3) is 3.77. The third-order valence-electron chi connectivity index (χ3n) is 3.08. The Balaban J connectivity index is 2.42. The Morgan fingerprint density at radius 2 is 1.90 bits per heavy atom. The standard InChI is InChI=1S/C15H17BrN2O2S/c1-3-11-8-12(16)4-5-15(11)18-21(19,20)14-7-10(2)6-13(17)9-14/h4-9,18H,3,17H2,1-2H3. The molecule has 0 spiro atoms. The van der Waals surface area contributed by atoms with Crippen molar-refractivity contribution in [2.75, 3.05) is 10.5 Å². The van der Waals surface area contributed by atoms with Crippen LogP contribution in [0, 0.1) is 6.92 Å². The summed E-state index contributed by atoms with van der Waals surface area (Å²) in [6.07, 6.45) is 0.729. The first-order valence-corrected chi connectivity index (χ1v) is 8.78. The summed E-state index contributed by atoms with van der Waals surface area (Å²) in [6, 6.07) is 10.3. The summed E-state index contributed by atoms with van der Waals surface area (Å²) < 4.78 is 28.5. The maximum absolute atomic E-state index is 12.5. The van der Waals surface area contributed by atoms with E-state index in [0.29, 0.717) is 11.4 Å². The zero-order chi connectivity index (χ0) is 15.6. The Hall–Kier alpha value is -1.53. The van der Waals surface area contributed by atoms with Crippen LogP contribution in [0.25, 0.3) is 0 Å². The molecule has 0 aliphatic carbocycles. The molecule has 2 rings (SSSR count). The van der Waals surface area contributed by atoms with Crippen molar-refractivity contribution >= 4 is 37.3 Å². The number of nitrogens with one attached hydrogen (secondary N) is 1. The van der Waals surface area contributed by atoms with E-state index in [1.165, 1.54) is 6.07 Å². The van der Waals surface area contributed by atoms with Gasteiger partial charge in [-0.25, -0.2) is 8.42 Å². The van der Waals surface area contributed by atoms with Gasteiger partial charge in [-0.05, 0) is 60.9 Å². The molecule has 0 aliphatic rings. The van der Waals surface area contributed by atoms with Crippen molar-refractivity contribution in [2.45, 2.75) is 25.2 Å². The molecule has 0 heterocycles. The molecule has 6 heteroatoms. The number of sulfonamides is 1. The van der Waals surface area contributed by atoms with E-state index in [1.807, 2.05) is 26.0 Å². The van der Waals surface area contributed by atoms with E-state index < -0.39 is 10.0 Å². The zero-order valence-electron chi connectivity index (χ0n) is 11.9. The first-order valence-electron chi connectivity index (χ1n) is 6.50. The summed E-state index contributed by atoms with van der Waals surface area (Å²) in [4.78, 5) is 0.171.